The zero-order valence-electron chi connectivity index (χ0n) is 18.3. The predicted molar refractivity (Wildman–Crippen MR) is 128 cm³/mol. The fourth-order valence-electron chi connectivity index (χ4n) is 3.67. The van der Waals surface area contributed by atoms with E-state index in [-0.39, 0.29) is 10.5 Å². The molecule has 0 aliphatic heterocycles. The Kier molecular flexibility index (Phi) is 5.78. The third kappa shape index (κ3) is 4.65. The summed E-state index contributed by atoms with van der Waals surface area (Å²) in [7, 11) is -3.83. The minimum atomic E-state index is -3.83. The van der Waals surface area contributed by atoms with E-state index < -0.39 is 21.6 Å². The molecule has 1 aromatic heterocycles. The SMILES string of the molecule is Cc1cc(C)c(NS(=O)(=O)c2ccc(NC(=O)c3cc4ccccc4oc3=O)cc2)c(C)c1. The van der Waals surface area contributed by atoms with E-state index in [2.05, 4.69) is 10.0 Å². The molecule has 0 spiro atoms. The third-order valence-electron chi connectivity index (χ3n) is 5.22. The van der Waals surface area contributed by atoms with Gasteiger partial charge in [0.1, 0.15) is 11.1 Å². The highest BCUT2D eigenvalue weighted by Gasteiger charge is 2.18. The van der Waals surface area contributed by atoms with E-state index in [0.717, 1.165) is 16.7 Å². The van der Waals surface area contributed by atoms with Crippen LogP contribution in [0.5, 0.6) is 0 Å². The molecule has 0 aliphatic carbocycles. The highest BCUT2D eigenvalue weighted by molar-refractivity contribution is 7.92. The first-order chi connectivity index (χ1) is 15.6. The van der Waals surface area contributed by atoms with Gasteiger partial charge in [-0.05, 0) is 68.3 Å². The number of nitrogens with one attached hydrogen (secondary N) is 2. The van der Waals surface area contributed by atoms with Crippen LogP contribution < -0.4 is 15.7 Å². The molecule has 0 radical (unpaired) electrons. The Labute approximate surface area is 191 Å². The average molecular weight is 463 g/mol. The van der Waals surface area contributed by atoms with Gasteiger partial charge in [0.25, 0.3) is 15.9 Å². The van der Waals surface area contributed by atoms with E-state index in [1.807, 2.05) is 32.9 Å². The summed E-state index contributed by atoms with van der Waals surface area (Å²) in [5, 5.41) is 3.22. The number of hydrogen-bond acceptors (Lipinski definition) is 5. The number of carbonyl (C=O) groups is 1. The van der Waals surface area contributed by atoms with Crippen molar-refractivity contribution in [1.82, 2.24) is 0 Å². The van der Waals surface area contributed by atoms with Crippen molar-refractivity contribution < 1.29 is 17.6 Å². The lowest BCUT2D eigenvalue weighted by Crippen LogP contribution is -2.20. The topological polar surface area (TPSA) is 105 Å². The van der Waals surface area contributed by atoms with Gasteiger partial charge in [0.05, 0.1) is 10.6 Å². The monoisotopic (exact) mass is 462 g/mol. The van der Waals surface area contributed by atoms with Gasteiger partial charge < -0.3 is 9.73 Å². The molecule has 7 nitrogen and oxygen atoms in total. The molecule has 0 saturated heterocycles. The van der Waals surface area contributed by atoms with Crippen molar-refractivity contribution in [3.05, 3.63) is 99.4 Å². The van der Waals surface area contributed by atoms with E-state index in [9.17, 15) is 18.0 Å². The Morgan fingerprint density at radius 2 is 1.52 bits per heavy atom. The molecule has 168 valence electrons. The minimum Gasteiger partial charge on any atom is -0.422 e. The molecule has 0 saturated carbocycles. The first-order valence-electron chi connectivity index (χ1n) is 10.2. The average Bonchev–Trinajstić information content (AvgIpc) is 2.76. The van der Waals surface area contributed by atoms with E-state index in [1.54, 1.807) is 24.3 Å². The Hall–Kier alpha value is -3.91. The molecule has 0 atom stereocenters. The highest BCUT2D eigenvalue weighted by atomic mass is 32.2. The molecule has 2 N–H and O–H groups in total. The van der Waals surface area contributed by atoms with Crippen LogP contribution in [0.15, 0.2) is 80.8 Å². The van der Waals surface area contributed by atoms with Gasteiger partial charge in [0.15, 0.2) is 0 Å². The van der Waals surface area contributed by atoms with E-state index in [4.69, 9.17) is 4.42 Å². The summed E-state index contributed by atoms with van der Waals surface area (Å²) in [6.07, 6.45) is 0. The van der Waals surface area contributed by atoms with Gasteiger partial charge >= 0.3 is 5.63 Å². The summed E-state index contributed by atoms with van der Waals surface area (Å²) in [6, 6.07) is 17.9. The van der Waals surface area contributed by atoms with Crippen molar-refractivity contribution in [2.75, 3.05) is 10.0 Å². The number of aryl methyl sites for hydroxylation is 3. The standard InChI is InChI=1S/C25H22N2O5S/c1-15-12-16(2)23(17(3)13-15)27-33(30,31)20-10-8-19(9-11-20)26-24(28)21-14-18-6-4-5-7-22(18)32-25(21)29/h4-14,27H,1-3H3,(H,26,28). The lowest BCUT2D eigenvalue weighted by molar-refractivity contribution is 0.102. The van der Waals surface area contributed by atoms with Crippen LogP contribution in [-0.2, 0) is 10.0 Å². The zero-order chi connectivity index (χ0) is 23.8. The normalized spacial score (nSPS) is 11.4. The van der Waals surface area contributed by atoms with Crippen LogP contribution in [0.2, 0.25) is 0 Å². The van der Waals surface area contributed by atoms with Crippen LogP contribution in [0.3, 0.4) is 0 Å². The van der Waals surface area contributed by atoms with Crippen LogP contribution in [-0.4, -0.2) is 14.3 Å². The second-order valence-corrected chi connectivity index (χ2v) is 9.53. The van der Waals surface area contributed by atoms with Gasteiger partial charge in [-0.1, -0.05) is 35.9 Å². The maximum Gasteiger partial charge on any atom is 0.349 e. The van der Waals surface area contributed by atoms with Gasteiger partial charge in [-0.25, -0.2) is 13.2 Å². The van der Waals surface area contributed by atoms with Gasteiger partial charge in [-0.2, -0.15) is 0 Å². The summed E-state index contributed by atoms with van der Waals surface area (Å²) in [5.74, 6) is -0.644. The van der Waals surface area contributed by atoms with Crippen LogP contribution in [0.1, 0.15) is 27.0 Å². The van der Waals surface area contributed by atoms with Crippen LogP contribution in [0.25, 0.3) is 11.0 Å². The smallest absolute Gasteiger partial charge is 0.349 e. The lowest BCUT2D eigenvalue weighted by atomic mass is 10.1. The molecular formula is C25H22N2O5S. The van der Waals surface area contributed by atoms with Gasteiger partial charge in [-0.3, -0.25) is 9.52 Å². The van der Waals surface area contributed by atoms with Crippen molar-refractivity contribution in [1.29, 1.82) is 0 Å². The highest BCUT2D eigenvalue weighted by Crippen LogP contribution is 2.25. The summed E-state index contributed by atoms with van der Waals surface area (Å²) >= 11 is 0. The maximum absolute atomic E-state index is 12.9. The number of carbonyl (C=O) groups excluding carboxylic acids is 1. The Morgan fingerprint density at radius 1 is 0.879 bits per heavy atom. The van der Waals surface area contributed by atoms with Crippen molar-refractivity contribution in [3.8, 4) is 0 Å². The van der Waals surface area contributed by atoms with Crippen molar-refractivity contribution in [2.24, 2.45) is 0 Å². The number of sulfonamides is 1. The molecule has 33 heavy (non-hydrogen) atoms. The first kappa shape index (κ1) is 22.3. The van der Waals surface area contributed by atoms with Crippen molar-refractivity contribution in [3.63, 3.8) is 0 Å². The summed E-state index contributed by atoms with van der Waals surface area (Å²) in [5.41, 5.74) is 3.09. The number of benzene rings is 3. The second-order valence-electron chi connectivity index (χ2n) is 7.84. The molecule has 3 aromatic carbocycles. The quantitative estimate of drug-likeness (QED) is 0.416. The molecule has 1 heterocycles. The maximum atomic E-state index is 12.9. The molecule has 0 aliphatic rings. The minimum absolute atomic E-state index is 0.0464. The van der Waals surface area contributed by atoms with E-state index >= 15 is 0 Å². The van der Waals surface area contributed by atoms with E-state index in [0.29, 0.717) is 22.3 Å². The molecular weight excluding hydrogens is 440 g/mol. The van der Waals surface area contributed by atoms with Gasteiger partial charge in [0, 0.05) is 11.1 Å². The Balaban J connectivity index is 1.54. The van der Waals surface area contributed by atoms with Crippen LogP contribution in [0.4, 0.5) is 11.4 Å². The largest absolute Gasteiger partial charge is 0.422 e. The molecule has 0 bridgehead atoms. The van der Waals surface area contributed by atoms with Gasteiger partial charge in [-0.15, -0.1) is 0 Å². The molecule has 0 unspecified atom stereocenters. The number of amides is 1. The van der Waals surface area contributed by atoms with Crippen LogP contribution in [0, 0.1) is 20.8 Å². The summed E-state index contributed by atoms with van der Waals surface area (Å²) in [6.45, 7) is 5.65. The number of anilines is 2. The number of hydrogen-bond donors (Lipinski definition) is 2. The number of rotatable bonds is 5. The number of para-hydroxylation sites is 1. The number of fused-ring (bicyclic) bond motifs is 1. The van der Waals surface area contributed by atoms with Gasteiger partial charge in [0.2, 0.25) is 0 Å². The van der Waals surface area contributed by atoms with Crippen molar-refractivity contribution in [2.45, 2.75) is 25.7 Å². The summed E-state index contributed by atoms with van der Waals surface area (Å²) < 4.78 is 33.6. The van der Waals surface area contributed by atoms with Crippen LogP contribution >= 0.6 is 0 Å². The fraction of sp³-hybridized carbons (Fsp3) is 0.120. The molecule has 0 fully saturated rings. The van der Waals surface area contributed by atoms with Crippen molar-refractivity contribution >= 4 is 38.3 Å². The Morgan fingerprint density at radius 3 is 2.18 bits per heavy atom. The second kappa shape index (κ2) is 8.55. The predicted octanol–water partition coefficient (Wildman–Crippen LogP) is 4.77. The molecule has 8 heteroatoms. The van der Waals surface area contributed by atoms with E-state index in [1.165, 1.54) is 30.3 Å². The zero-order valence-corrected chi connectivity index (χ0v) is 19.1. The molecule has 1 amide bonds. The Bertz CT molecular complexity index is 1510. The third-order valence-corrected chi connectivity index (χ3v) is 6.59. The fourth-order valence-corrected chi connectivity index (χ4v) is 4.87. The molecule has 4 rings (SSSR count). The first-order valence-corrected chi connectivity index (χ1v) is 11.7. The summed E-state index contributed by atoms with van der Waals surface area (Å²) in [4.78, 5) is 24.8. The lowest BCUT2D eigenvalue weighted by Gasteiger charge is -2.14. The molecule has 4 aromatic rings.